The van der Waals surface area contributed by atoms with Gasteiger partial charge < -0.3 is 14.5 Å². The number of hydrogen-bond acceptors (Lipinski definition) is 4. The van der Waals surface area contributed by atoms with Crippen LogP contribution in [0.3, 0.4) is 0 Å². The van der Waals surface area contributed by atoms with Crippen molar-refractivity contribution < 1.29 is 4.79 Å². The molecule has 0 radical (unpaired) electrons. The third kappa shape index (κ3) is 2.91. The van der Waals surface area contributed by atoms with Gasteiger partial charge in [-0.25, -0.2) is 4.79 Å². The zero-order valence-electron chi connectivity index (χ0n) is 15.7. The van der Waals surface area contributed by atoms with Crippen LogP contribution in [0, 0.1) is 5.92 Å². The number of para-hydroxylation sites is 1. The SMILES string of the molecule is O=C(Cn1c(=O)[nH]c2ccccc2c1=O)N1CC2CC(C1)c1cccc(=O)n1C2. The van der Waals surface area contributed by atoms with Gasteiger partial charge in [0.05, 0.1) is 10.9 Å². The molecular weight excluding hydrogens is 372 g/mol. The number of pyridine rings is 1. The van der Waals surface area contributed by atoms with Crippen LogP contribution in [0.4, 0.5) is 0 Å². The summed E-state index contributed by atoms with van der Waals surface area (Å²) in [5, 5.41) is 0.378. The Morgan fingerprint density at radius 2 is 1.83 bits per heavy atom. The lowest BCUT2D eigenvalue weighted by Gasteiger charge is -2.42. The van der Waals surface area contributed by atoms with Gasteiger partial charge in [-0.15, -0.1) is 0 Å². The Morgan fingerprint density at radius 3 is 2.69 bits per heavy atom. The molecule has 148 valence electrons. The van der Waals surface area contributed by atoms with E-state index in [1.54, 1.807) is 45.9 Å². The van der Waals surface area contributed by atoms with Crippen LogP contribution in [0.1, 0.15) is 18.0 Å². The summed E-state index contributed by atoms with van der Waals surface area (Å²) >= 11 is 0. The van der Waals surface area contributed by atoms with Crippen LogP contribution >= 0.6 is 0 Å². The number of H-pyrrole nitrogens is 1. The number of nitrogens with zero attached hydrogens (tertiary/aromatic N) is 3. The smallest absolute Gasteiger partial charge is 0.329 e. The quantitative estimate of drug-likeness (QED) is 0.687. The van der Waals surface area contributed by atoms with Crippen LogP contribution in [0.25, 0.3) is 10.9 Å². The van der Waals surface area contributed by atoms with Crippen molar-refractivity contribution in [2.24, 2.45) is 5.92 Å². The van der Waals surface area contributed by atoms with Crippen LogP contribution in [0.15, 0.2) is 56.8 Å². The van der Waals surface area contributed by atoms with Crippen molar-refractivity contribution in [2.45, 2.75) is 25.4 Å². The topological polar surface area (TPSA) is 97.2 Å². The van der Waals surface area contributed by atoms with E-state index in [1.165, 1.54) is 0 Å². The summed E-state index contributed by atoms with van der Waals surface area (Å²) in [7, 11) is 0. The minimum absolute atomic E-state index is 0.00812. The number of likely N-dealkylation sites (tertiary alicyclic amines) is 1. The highest BCUT2D eigenvalue weighted by Crippen LogP contribution is 2.34. The molecule has 1 saturated heterocycles. The van der Waals surface area contributed by atoms with E-state index in [1.807, 2.05) is 6.07 Å². The number of amides is 1. The number of fused-ring (bicyclic) bond motifs is 5. The second kappa shape index (κ2) is 6.58. The average molecular weight is 392 g/mol. The first-order valence-electron chi connectivity index (χ1n) is 9.70. The fraction of sp³-hybridized carbons (Fsp3) is 0.333. The fourth-order valence-electron chi connectivity index (χ4n) is 4.68. The van der Waals surface area contributed by atoms with Crippen molar-refractivity contribution in [3.63, 3.8) is 0 Å². The summed E-state index contributed by atoms with van der Waals surface area (Å²) in [6.07, 6.45) is 0.934. The van der Waals surface area contributed by atoms with Crippen molar-refractivity contribution in [2.75, 3.05) is 13.1 Å². The van der Waals surface area contributed by atoms with Gasteiger partial charge in [0, 0.05) is 37.3 Å². The highest BCUT2D eigenvalue weighted by molar-refractivity contribution is 5.79. The first-order valence-corrected chi connectivity index (χ1v) is 9.70. The lowest BCUT2D eigenvalue weighted by molar-refractivity contribution is -0.134. The molecule has 2 aromatic heterocycles. The highest BCUT2D eigenvalue weighted by Gasteiger charge is 2.36. The standard InChI is InChI=1S/C21H20N4O4/c26-18-7-3-6-17-14-8-13(10-24(17)18)9-23(11-14)19(27)12-25-20(28)15-4-1-2-5-16(15)22-21(25)29/h1-7,13-14H,8-12H2,(H,22,29). The Hall–Kier alpha value is -3.42. The number of carbonyl (C=O) groups excluding carboxylic acids is 1. The van der Waals surface area contributed by atoms with Crippen LogP contribution in [-0.2, 0) is 17.9 Å². The summed E-state index contributed by atoms with van der Waals surface area (Å²) < 4.78 is 2.77. The van der Waals surface area contributed by atoms with Gasteiger partial charge in [0.2, 0.25) is 5.91 Å². The molecule has 2 atom stereocenters. The van der Waals surface area contributed by atoms with Crippen molar-refractivity contribution in [1.29, 1.82) is 0 Å². The van der Waals surface area contributed by atoms with E-state index in [0.717, 1.165) is 16.7 Å². The van der Waals surface area contributed by atoms with Gasteiger partial charge in [-0.3, -0.25) is 19.0 Å². The van der Waals surface area contributed by atoms with E-state index in [-0.39, 0.29) is 29.8 Å². The third-order valence-electron chi connectivity index (χ3n) is 6.02. The summed E-state index contributed by atoms with van der Waals surface area (Å²) in [6, 6.07) is 12.0. The number of carbonyl (C=O) groups is 1. The molecule has 2 aliphatic heterocycles. The largest absolute Gasteiger partial charge is 0.340 e. The fourth-order valence-corrected chi connectivity index (χ4v) is 4.68. The van der Waals surface area contributed by atoms with E-state index < -0.39 is 11.2 Å². The molecule has 0 saturated carbocycles. The van der Waals surface area contributed by atoms with E-state index in [4.69, 9.17) is 0 Å². The predicted molar refractivity (Wildman–Crippen MR) is 107 cm³/mol. The van der Waals surface area contributed by atoms with Crippen molar-refractivity contribution in [1.82, 2.24) is 19.0 Å². The second-order valence-corrected chi connectivity index (χ2v) is 7.86. The zero-order chi connectivity index (χ0) is 20.1. The molecule has 5 rings (SSSR count). The van der Waals surface area contributed by atoms with Gasteiger partial charge in [0.1, 0.15) is 6.54 Å². The summed E-state index contributed by atoms with van der Waals surface area (Å²) in [5.41, 5.74) is 0.349. The molecule has 3 aromatic rings. The second-order valence-electron chi connectivity index (χ2n) is 7.86. The van der Waals surface area contributed by atoms with Crippen LogP contribution in [0.2, 0.25) is 0 Å². The summed E-state index contributed by atoms with van der Waals surface area (Å²) in [6.45, 7) is 1.31. The van der Waals surface area contributed by atoms with Gasteiger partial charge in [0.15, 0.2) is 0 Å². The molecule has 8 heteroatoms. The number of nitrogens with one attached hydrogen (secondary N) is 1. The van der Waals surface area contributed by atoms with E-state index in [2.05, 4.69) is 4.98 Å². The minimum Gasteiger partial charge on any atom is -0.340 e. The van der Waals surface area contributed by atoms with Gasteiger partial charge >= 0.3 is 5.69 Å². The molecule has 0 spiro atoms. The molecule has 0 aliphatic carbocycles. The van der Waals surface area contributed by atoms with Crippen LogP contribution in [0.5, 0.6) is 0 Å². The zero-order valence-corrected chi connectivity index (χ0v) is 15.7. The maximum Gasteiger partial charge on any atom is 0.329 e. The normalized spacial score (nSPS) is 20.5. The van der Waals surface area contributed by atoms with Gasteiger partial charge in [-0.05, 0) is 30.5 Å². The predicted octanol–water partition coefficient (Wildman–Crippen LogP) is 0.497. The van der Waals surface area contributed by atoms with Crippen molar-refractivity contribution in [3.8, 4) is 0 Å². The molecular formula is C21H20N4O4. The van der Waals surface area contributed by atoms with Crippen molar-refractivity contribution in [3.05, 3.63) is 79.4 Å². The Kier molecular flexibility index (Phi) is 4.01. The van der Waals surface area contributed by atoms with Gasteiger partial charge in [-0.1, -0.05) is 18.2 Å². The number of hydrogen-bond donors (Lipinski definition) is 1. The first kappa shape index (κ1) is 17.7. The Labute approximate surface area is 165 Å². The van der Waals surface area contributed by atoms with E-state index >= 15 is 0 Å². The van der Waals surface area contributed by atoms with E-state index in [0.29, 0.717) is 30.5 Å². The number of piperidine rings is 1. The lowest BCUT2D eigenvalue weighted by atomic mass is 9.83. The molecule has 2 aliphatic rings. The summed E-state index contributed by atoms with van der Waals surface area (Å²) in [4.78, 5) is 54.6. The molecule has 2 bridgehead atoms. The molecule has 1 fully saturated rings. The molecule has 1 N–H and O–H groups in total. The Morgan fingerprint density at radius 1 is 1.00 bits per heavy atom. The molecule has 1 aromatic carbocycles. The molecule has 29 heavy (non-hydrogen) atoms. The molecule has 1 amide bonds. The third-order valence-corrected chi connectivity index (χ3v) is 6.02. The summed E-state index contributed by atoms with van der Waals surface area (Å²) in [5.74, 6) is 0.0261. The monoisotopic (exact) mass is 392 g/mol. The van der Waals surface area contributed by atoms with Crippen molar-refractivity contribution >= 4 is 16.8 Å². The van der Waals surface area contributed by atoms with Gasteiger partial charge in [-0.2, -0.15) is 0 Å². The molecule has 2 unspecified atom stereocenters. The molecule has 4 heterocycles. The van der Waals surface area contributed by atoms with E-state index in [9.17, 15) is 19.2 Å². The molecule has 8 nitrogen and oxygen atoms in total. The first-order chi connectivity index (χ1) is 14.0. The maximum absolute atomic E-state index is 13.0. The van der Waals surface area contributed by atoms with Gasteiger partial charge in [0.25, 0.3) is 11.1 Å². The number of benzene rings is 1. The van der Waals surface area contributed by atoms with Crippen LogP contribution < -0.4 is 16.8 Å². The Balaban J connectivity index is 1.43. The van der Waals surface area contributed by atoms with Crippen LogP contribution in [-0.4, -0.2) is 38.0 Å². The number of rotatable bonds is 2. The maximum atomic E-state index is 13.0. The average Bonchev–Trinajstić information content (AvgIpc) is 2.71. The highest BCUT2D eigenvalue weighted by atomic mass is 16.2. The number of aromatic amines is 1. The minimum atomic E-state index is -0.587. The lowest BCUT2D eigenvalue weighted by Crippen LogP contribution is -2.51. The number of aromatic nitrogens is 3. The Bertz CT molecular complexity index is 1300.